The number of rotatable bonds is 32. The van der Waals surface area contributed by atoms with Crippen LogP contribution in [0.15, 0.2) is 93.4 Å². The summed E-state index contributed by atoms with van der Waals surface area (Å²) in [6.07, 6.45) is 36.9. The van der Waals surface area contributed by atoms with Gasteiger partial charge >= 0.3 is 302 Å². The van der Waals surface area contributed by atoms with Gasteiger partial charge in [0.25, 0.3) is 0 Å². The molecule has 0 spiro atoms. The zero-order valence-electron chi connectivity index (χ0n) is 51.7. The maximum atomic E-state index is 10.5. The first-order valence-electron chi connectivity index (χ1n) is 28.4. The fourth-order valence-electron chi connectivity index (χ4n) is 5.78. The van der Waals surface area contributed by atoms with Crippen LogP contribution in [0.5, 0.6) is 0 Å². The third kappa shape index (κ3) is 58.0. The van der Waals surface area contributed by atoms with E-state index in [-0.39, 0.29) is 118 Å². The van der Waals surface area contributed by atoms with Crippen LogP contribution in [0, 0.1) is 0 Å². The zero-order valence-corrected chi connectivity index (χ0v) is 66.4. The standard InChI is InChI=1S/4C7H7NO2S.8C4H9.2H2O.4Sn/c4*1-11-6-5(7(9)10)3-2-4-8-6;8*1-3-4-2;;;;;;/h4*2-4H,1H3,(H,9,10);8*1,3-4H2,2H3;2*1H2;;;;. The maximum absolute atomic E-state index is 10.5. The summed E-state index contributed by atoms with van der Waals surface area (Å²) in [4.78, 5) is 57.7. The van der Waals surface area contributed by atoms with Gasteiger partial charge in [-0.25, -0.2) is 39.1 Å². The summed E-state index contributed by atoms with van der Waals surface area (Å²) in [6, 6.07) is 12.6. The Morgan fingerprint density at radius 3 is 0.573 bits per heavy atom. The number of nitrogens with zero attached hydrogens (tertiary/aromatic N) is 4. The number of unbranched alkanes of at least 4 members (excludes halogenated alkanes) is 8. The Morgan fingerprint density at radius 1 is 0.329 bits per heavy atom. The van der Waals surface area contributed by atoms with E-state index in [0.29, 0.717) is 20.1 Å². The van der Waals surface area contributed by atoms with Gasteiger partial charge in [0.2, 0.25) is 0 Å². The number of carboxylic acid groups (broad SMARTS) is 4. The summed E-state index contributed by atoms with van der Waals surface area (Å²) >= 11 is 5.93. The van der Waals surface area contributed by atoms with E-state index in [0.717, 1.165) is 0 Å². The second-order valence-corrected chi connectivity index (χ2v) is 37.6. The summed E-state index contributed by atoms with van der Waals surface area (Å²) in [7, 11) is 0. The van der Waals surface area contributed by atoms with Crippen molar-refractivity contribution in [2.45, 2.75) is 214 Å². The van der Waals surface area contributed by atoms with E-state index in [1.54, 1.807) is 134 Å². The van der Waals surface area contributed by atoms with Gasteiger partial charge < -0.3 is 31.4 Å². The van der Waals surface area contributed by atoms with Crippen LogP contribution in [0.3, 0.4) is 0 Å². The van der Waals surface area contributed by atoms with Gasteiger partial charge in [-0.15, -0.1) is 47.0 Å². The topological polar surface area (TPSA) is 264 Å². The van der Waals surface area contributed by atoms with Crippen LogP contribution in [-0.2, 0) is 0 Å². The molecule has 4 rings (SSSR count). The van der Waals surface area contributed by atoms with Crippen molar-refractivity contribution in [3.63, 3.8) is 0 Å². The number of thioether (sulfide) groups is 4. The van der Waals surface area contributed by atoms with Crippen LogP contribution >= 0.6 is 47.0 Å². The SMILES string of the molecule is CCC[CH2][Sn][CH2]CCC.CCC[CH2][Sn][CH2]CCC.CCC[CH2][Sn][CH2]CCC.CCC[CH2][Sn][CH2]CCC.CSc1ncccc1C(=O)O.CSc1ncccc1C(=O)O.CSc1ncccc1C(=O)O.CSc1ncccc1C(=O)O.O.O. The van der Waals surface area contributed by atoms with Crippen LogP contribution in [0.2, 0.25) is 35.5 Å². The zero-order chi connectivity index (χ0) is 60.9. The van der Waals surface area contributed by atoms with Gasteiger partial charge in [0.15, 0.2) is 0 Å². The number of hydrogen-bond acceptors (Lipinski definition) is 12. The number of pyridine rings is 4. The molecule has 0 fully saturated rings. The number of carboxylic acids is 4. The van der Waals surface area contributed by atoms with Gasteiger partial charge in [-0.05, 0) is 73.6 Å². The molecule has 0 unspecified atom stereocenters. The fraction of sp³-hybridized carbons (Fsp3) is 0.600. The minimum atomic E-state index is -0.928. The van der Waals surface area contributed by atoms with Crippen LogP contribution in [0.25, 0.3) is 0 Å². The van der Waals surface area contributed by atoms with Crippen molar-refractivity contribution < 1.29 is 50.6 Å². The van der Waals surface area contributed by atoms with E-state index in [9.17, 15) is 19.2 Å². The molecule has 22 heteroatoms. The monoisotopic (exact) mass is 1650 g/mol. The molecule has 0 atom stereocenters. The summed E-state index contributed by atoms with van der Waals surface area (Å²) in [5.41, 5.74) is 1.06. The summed E-state index contributed by atoms with van der Waals surface area (Å²) in [5.74, 6) is -3.71. The molecular formula is C60H104N4O10S4Sn4. The Hall–Kier alpha value is -1.01. The molecule has 0 amide bonds. The van der Waals surface area contributed by atoms with E-state index >= 15 is 0 Å². The molecule has 4 aromatic heterocycles. The van der Waals surface area contributed by atoms with E-state index in [2.05, 4.69) is 75.3 Å². The average Bonchev–Trinajstić information content (AvgIpc) is 3.48. The third-order valence-corrected chi connectivity index (χ3v) is 29.4. The Labute approximate surface area is 554 Å². The van der Waals surface area contributed by atoms with Crippen LogP contribution in [-0.4, -0.2) is 185 Å². The molecule has 464 valence electrons. The molecule has 0 aliphatic rings. The quantitative estimate of drug-likeness (QED) is 0.0201. The minimum Gasteiger partial charge on any atom is -0.478 e. The molecule has 82 heavy (non-hydrogen) atoms. The van der Waals surface area contributed by atoms with Gasteiger partial charge in [-0.2, -0.15) is 0 Å². The Balaban J connectivity index is -0.000000201. The molecular weight excluding hydrogens is 1540 g/mol. The molecule has 14 nitrogen and oxygen atoms in total. The van der Waals surface area contributed by atoms with Crippen molar-refractivity contribution in [3.8, 4) is 0 Å². The molecule has 0 saturated heterocycles. The summed E-state index contributed by atoms with van der Waals surface area (Å²) in [5, 5.41) is 36.8. The smallest absolute Gasteiger partial charge is 0.338 e. The van der Waals surface area contributed by atoms with Crippen molar-refractivity contribution in [2.24, 2.45) is 0 Å². The average molecular weight is 1640 g/mol. The van der Waals surface area contributed by atoms with Crippen molar-refractivity contribution in [1.82, 2.24) is 19.9 Å². The van der Waals surface area contributed by atoms with Gasteiger partial charge in [-0.3, -0.25) is 0 Å². The first-order valence-corrected chi connectivity index (χ1v) is 49.4. The Kier molecular flexibility index (Phi) is 81.4. The van der Waals surface area contributed by atoms with E-state index in [1.807, 2.05) is 0 Å². The molecule has 0 aliphatic carbocycles. The second-order valence-electron chi connectivity index (χ2n) is 17.3. The van der Waals surface area contributed by atoms with E-state index < -0.39 is 23.9 Å². The van der Waals surface area contributed by atoms with Gasteiger partial charge in [-0.1, -0.05) is 0 Å². The number of aromatic carboxylic acids is 4. The molecule has 0 saturated carbocycles. The molecule has 8 radical (unpaired) electrons. The van der Waals surface area contributed by atoms with Crippen LogP contribution < -0.4 is 0 Å². The predicted octanol–water partition coefficient (Wildman–Crippen LogP) is 16.9. The minimum absolute atomic E-state index is 0. The second kappa shape index (κ2) is 72.5. The number of hydrogen-bond donors (Lipinski definition) is 4. The first kappa shape index (κ1) is 92.2. The van der Waals surface area contributed by atoms with Crippen molar-refractivity contribution in [1.29, 1.82) is 0 Å². The van der Waals surface area contributed by atoms with Gasteiger partial charge in [0, 0.05) is 24.8 Å². The molecule has 4 aromatic rings. The molecule has 4 heterocycles. The first-order chi connectivity index (χ1) is 38.7. The predicted molar refractivity (Wildman–Crippen MR) is 360 cm³/mol. The maximum Gasteiger partial charge on any atom is 0.338 e. The Morgan fingerprint density at radius 2 is 0.476 bits per heavy atom. The van der Waals surface area contributed by atoms with Crippen LogP contribution in [0.4, 0.5) is 0 Å². The van der Waals surface area contributed by atoms with Gasteiger partial charge in [0.05, 0.1) is 22.3 Å². The molecule has 0 aromatic carbocycles. The van der Waals surface area contributed by atoms with Crippen LogP contribution in [0.1, 0.15) is 200 Å². The summed E-state index contributed by atoms with van der Waals surface area (Å²) in [6.45, 7) is 18.3. The third-order valence-electron chi connectivity index (χ3n) is 10.4. The van der Waals surface area contributed by atoms with Gasteiger partial charge in [0.1, 0.15) is 20.1 Å². The Bertz CT molecular complexity index is 1770. The fourth-order valence-corrected chi connectivity index (χ4v) is 24.6. The molecule has 0 bridgehead atoms. The van der Waals surface area contributed by atoms with Crippen molar-refractivity contribution in [2.75, 3.05) is 25.0 Å². The number of carbonyl (C=O) groups is 4. The largest absolute Gasteiger partial charge is 0.478 e. The van der Waals surface area contributed by atoms with Crippen molar-refractivity contribution >= 4 is 155 Å². The van der Waals surface area contributed by atoms with E-state index in [1.165, 1.54) is 150 Å². The van der Waals surface area contributed by atoms with Crippen molar-refractivity contribution in [3.05, 3.63) is 95.6 Å². The molecule has 8 N–H and O–H groups in total. The normalized spacial score (nSPS) is 9.51. The summed E-state index contributed by atoms with van der Waals surface area (Å²) < 4.78 is 13.0. The number of aromatic nitrogens is 4. The molecule has 0 aliphatic heterocycles. The van der Waals surface area contributed by atoms with E-state index in [4.69, 9.17) is 20.4 Å².